The first kappa shape index (κ1) is 20.8. The van der Waals surface area contributed by atoms with Crippen LogP contribution in [-0.4, -0.2) is 20.9 Å². The van der Waals surface area contributed by atoms with E-state index in [1.165, 1.54) is 6.07 Å². The van der Waals surface area contributed by atoms with Crippen molar-refractivity contribution in [2.24, 2.45) is 5.14 Å². The van der Waals surface area contributed by atoms with Crippen LogP contribution in [0.5, 0.6) is 5.75 Å². The monoisotopic (exact) mass is 440 g/mol. The second-order valence-electron chi connectivity index (χ2n) is 6.01. The fourth-order valence-corrected chi connectivity index (χ4v) is 3.18. The Hall–Kier alpha value is -2.95. The number of benzene rings is 2. The van der Waals surface area contributed by atoms with Crippen LogP contribution in [0, 0.1) is 12.7 Å². The number of nitrogens with two attached hydrogens (primary N) is 1. The minimum absolute atomic E-state index is 0.0129. The van der Waals surface area contributed by atoms with E-state index in [-0.39, 0.29) is 22.0 Å². The topological polar surface area (TPSA) is 129 Å². The van der Waals surface area contributed by atoms with Crippen molar-refractivity contribution >= 4 is 44.2 Å². The molecule has 8 nitrogen and oxygen atoms in total. The summed E-state index contributed by atoms with van der Waals surface area (Å²) in [6.07, 6.45) is 0. The third-order valence-corrected chi connectivity index (χ3v) is 5.33. The van der Waals surface area contributed by atoms with E-state index in [4.69, 9.17) is 25.9 Å². The van der Waals surface area contributed by atoms with Gasteiger partial charge in [0.05, 0.1) is 10.6 Å². The van der Waals surface area contributed by atoms with Crippen molar-refractivity contribution in [1.82, 2.24) is 0 Å². The second kappa shape index (κ2) is 7.82. The molecule has 0 saturated heterocycles. The number of nitrogens with one attached hydrogen (secondary N) is 1. The Morgan fingerprint density at radius 3 is 2.66 bits per heavy atom. The molecule has 0 spiro atoms. The standard InChI is InChI=1S/C18H14ClFN2O6S/c1-9-12-4-2-10(6-15(12)28-18(24)17(9)19)27-8-16(23)22-14-5-3-11(7-13(14)20)29(21,25)26/h2-7H,8H2,1H3,(H,22,23)(H2,21,25,26). The van der Waals surface area contributed by atoms with Gasteiger partial charge in [-0.1, -0.05) is 11.6 Å². The number of aryl methyl sites for hydroxylation is 1. The predicted octanol–water partition coefficient (Wildman–Crippen LogP) is 2.56. The molecule has 3 rings (SSSR count). The van der Waals surface area contributed by atoms with E-state index >= 15 is 0 Å². The second-order valence-corrected chi connectivity index (χ2v) is 7.95. The summed E-state index contributed by atoms with van der Waals surface area (Å²) in [5.74, 6) is -1.42. The van der Waals surface area contributed by atoms with Crippen LogP contribution in [0.15, 0.2) is 50.5 Å². The molecule has 0 bridgehead atoms. The number of carbonyl (C=O) groups is 1. The third kappa shape index (κ3) is 4.56. The summed E-state index contributed by atoms with van der Waals surface area (Å²) in [7, 11) is -4.06. The maximum atomic E-state index is 14.0. The van der Waals surface area contributed by atoms with E-state index in [9.17, 15) is 22.4 Å². The van der Waals surface area contributed by atoms with Gasteiger partial charge < -0.3 is 14.5 Å². The smallest absolute Gasteiger partial charge is 0.355 e. The van der Waals surface area contributed by atoms with Crippen molar-refractivity contribution in [3.8, 4) is 5.75 Å². The summed E-state index contributed by atoms with van der Waals surface area (Å²) in [6, 6.07) is 7.44. The van der Waals surface area contributed by atoms with Crippen LogP contribution in [-0.2, 0) is 14.8 Å². The molecule has 1 heterocycles. The number of amides is 1. The van der Waals surface area contributed by atoms with Crippen molar-refractivity contribution in [2.75, 3.05) is 11.9 Å². The van der Waals surface area contributed by atoms with Gasteiger partial charge in [0.1, 0.15) is 22.2 Å². The number of hydrogen-bond donors (Lipinski definition) is 2. The summed E-state index contributed by atoms with van der Waals surface area (Å²) in [5, 5.41) is 7.78. The highest BCUT2D eigenvalue weighted by atomic mass is 35.5. The molecule has 0 aliphatic carbocycles. The third-order valence-electron chi connectivity index (χ3n) is 3.98. The van der Waals surface area contributed by atoms with Crippen LogP contribution in [0.1, 0.15) is 5.56 Å². The molecule has 1 aromatic heterocycles. The molecule has 152 valence electrons. The first-order valence-corrected chi connectivity index (χ1v) is 9.96. The lowest BCUT2D eigenvalue weighted by molar-refractivity contribution is -0.118. The van der Waals surface area contributed by atoms with Crippen LogP contribution in [0.3, 0.4) is 0 Å². The number of rotatable bonds is 5. The summed E-state index contributed by atoms with van der Waals surface area (Å²) in [5.41, 5.74) is -0.134. The maximum Gasteiger partial charge on any atom is 0.355 e. The van der Waals surface area contributed by atoms with E-state index in [0.717, 1.165) is 12.1 Å². The SMILES string of the molecule is Cc1c(Cl)c(=O)oc2cc(OCC(=O)Nc3ccc(S(N)(=O)=O)cc3F)ccc12. The Morgan fingerprint density at radius 2 is 2.00 bits per heavy atom. The number of carbonyl (C=O) groups excluding carboxylic acids is 1. The van der Waals surface area contributed by atoms with Crippen molar-refractivity contribution in [3.05, 3.63) is 63.2 Å². The molecule has 0 saturated carbocycles. The van der Waals surface area contributed by atoms with E-state index < -0.39 is 38.9 Å². The normalized spacial score (nSPS) is 11.4. The largest absolute Gasteiger partial charge is 0.484 e. The van der Waals surface area contributed by atoms with Gasteiger partial charge in [0.2, 0.25) is 10.0 Å². The van der Waals surface area contributed by atoms with Crippen LogP contribution < -0.4 is 20.8 Å². The number of ether oxygens (including phenoxy) is 1. The lowest BCUT2D eigenvalue weighted by atomic mass is 10.1. The molecule has 0 aliphatic rings. The molecule has 2 aromatic carbocycles. The Morgan fingerprint density at radius 1 is 1.28 bits per heavy atom. The van der Waals surface area contributed by atoms with Gasteiger partial charge in [0, 0.05) is 11.5 Å². The highest BCUT2D eigenvalue weighted by Gasteiger charge is 2.14. The molecular weight excluding hydrogens is 427 g/mol. The van der Waals surface area contributed by atoms with Gasteiger partial charge >= 0.3 is 5.63 Å². The number of sulfonamides is 1. The van der Waals surface area contributed by atoms with Crippen molar-refractivity contribution in [1.29, 1.82) is 0 Å². The highest BCUT2D eigenvalue weighted by molar-refractivity contribution is 7.89. The zero-order valence-electron chi connectivity index (χ0n) is 14.9. The fraction of sp³-hybridized carbons (Fsp3) is 0.111. The van der Waals surface area contributed by atoms with Gasteiger partial charge in [-0.05, 0) is 42.8 Å². The molecule has 29 heavy (non-hydrogen) atoms. The summed E-state index contributed by atoms with van der Waals surface area (Å²) < 4.78 is 46.8. The Balaban J connectivity index is 1.71. The molecule has 3 N–H and O–H groups in total. The predicted molar refractivity (Wildman–Crippen MR) is 104 cm³/mol. The van der Waals surface area contributed by atoms with Gasteiger partial charge in [-0.2, -0.15) is 0 Å². The molecular formula is C18H14ClFN2O6S. The van der Waals surface area contributed by atoms with Gasteiger partial charge in [-0.3, -0.25) is 4.79 Å². The van der Waals surface area contributed by atoms with Crippen LogP contribution in [0.4, 0.5) is 10.1 Å². The van der Waals surface area contributed by atoms with Gasteiger partial charge in [0.15, 0.2) is 6.61 Å². The number of primary sulfonamides is 1. The van der Waals surface area contributed by atoms with E-state index in [0.29, 0.717) is 17.0 Å². The fourth-order valence-electron chi connectivity index (χ4n) is 2.51. The Bertz CT molecular complexity index is 1290. The number of fused-ring (bicyclic) bond motifs is 1. The van der Waals surface area contributed by atoms with Gasteiger partial charge in [-0.25, -0.2) is 22.7 Å². The first-order valence-electron chi connectivity index (χ1n) is 8.04. The number of hydrogen-bond acceptors (Lipinski definition) is 6. The highest BCUT2D eigenvalue weighted by Crippen LogP contribution is 2.26. The van der Waals surface area contributed by atoms with Crippen molar-refractivity contribution < 1.29 is 26.8 Å². The lowest BCUT2D eigenvalue weighted by Crippen LogP contribution is -2.21. The molecule has 0 aliphatic heterocycles. The summed E-state index contributed by atoms with van der Waals surface area (Å²) in [6.45, 7) is 1.20. The average Bonchev–Trinajstić information content (AvgIpc) is 2.65. The number of anilines is 1. The van der Waals surface area contributed by atoms with Crippen molar-refractivity contribution in [3.63, 3.8) is 0 Å². The van der Waals surface area contributed by atoms with Crippen LogP contribution >= 0.6 is 11.6 Å². The molecule has 0 unspecified atom stereocenters. The van der Waals surface area contributed by atoms with Gasteiger partial charge in [-0.15, -0.1) is 0 Å². The minimum Gasteiger partial charge on any atom is -0.484 e. The molecule has 1 amide bonds. The molecule has 0 atom stereocenters. The first-order chi connectivity index (χ1) is 13.6. The van der Waals surface area contributed by atoms with E-state index in [1.807, 2.05) is 0 Å². The molecule has 0 radical (unpaired) electrons. The average molecular weight is 441 g/mol. The van der Waals surface area contributed by atoms with Crippen LogP contribution in [0.2, 0.25) is 5.02 Å². The quantitative estimate of drug-likeness (QED) is 0.586. The maximum absolute atomic E-state index is 14.0. The molecule has 0 fully saturated rings. The molecule has 3 aromatic rings. The Labute approximate surface area is 169 Å². The van der Waals surface area contributed by atoms with Gasteiger partial charge in [0.25, 0.3) is 5.91 Å². The molecule has 11 heteroatoms. The zero-order valence-corrected chi connectivity index (χ0v) is 16.4. The lowest BCUT2D eigenvalue weighted by Gasteiger charge is -2.10. The van der Waals surface area contributed by atoms with E-state index in [2.05, 4.69) is 5.32 Å². The van der Waals surface area contributed by atoms with E-state index in [1.54, 1.807) is 19.1 Å². The van der Waals surface area contributed by atoms with Crippen molar-refractivity contribution in [2.45, 2.75) is 11.8 Å². The number of halogens is 2. The zero-order chi connectivity index (χ0) is 21.3. The van der Waals surface area contributed by atoms with Crippen LogP contribution in [0.25, 0.3) is 11.0 Å². The Kier molecular flexibility index (Phi) is 5.60. The minimum atomic E-state index is -4.06. The summed E-state index contributed by atoms with van der Waals surface area (Å²) in [4.78, 5) is 23.2. The summed E-state index contributed by atoms with van der Waals surface area (Å²) >= 11 is 5.86.